The molecular formula is C24H26Cl2N2O3. The molecule has 164 valence electrons. The molecule has 7 heteroatoms. The van der Waals surface area contributed by atoms with Crippen LogP contribution in [-0.2, 0) is 11.2 Å². The third-order valence-electron chi connectivity index (χ3n) is 5.50. The predicted octanol–water partition coefficient (Wildman–Crippen LogP) is 6.32. The molecular weight excluding hydrogens is 435 g/mol. The molecule has 5 nitrogen and oxygen atoms in total. The molecule has 1 amide bonds. The van der Waals surface area contributed by atoms with E-state index in [1.165, 1.54) is 5.56 Å². The topological polar surface area (TPSA) is 54.6 Å². The zero-order valence-corrected chi connectivity index (χ0v) is 19.0. The number of fused-ring (bicyclic) bond motifs is 3. The summed E-state index contributed by atoms with van der Waals surface area (Å²) in [5.74, 6) is 1.36. The normalized spacial score (nSPS) is 15.7. The molecule has 1 atom stereocenters. The van der Waals surface area contributed by atoms with Crippen molar-refractivity contribution in [2.75, 3.05) is 25.6 Å². The maximum atomic E-state index is 12.9. The van der Waals surface area contributed by atoms with Crippen molar-refractivity contribution in [3.05, 3.63) is 64.3 Å². The molecule has 0 bridgehead atoms. The Hall–Kier alpha value is -2.37. The summed E-state index contributed by atoms with van der Waals surface area (Å²) in [6.45, 7) is 3.55. The number of carbonyl (C=O) groups excluding carboxylic acids is 1. The number of H-pyrrole nitrogens is 1. The molecule has 4 rings (SSSR count). The molecule has 0 aliphatic carbocycles. The highest BCUT2D eigenvalue weighted by Crippen LogP contribution is 2.39. The van der Waals surface area contributed by atoms with E-state index in [1.54, 1.807) is 4.90 Å². The Bertz CT molecular complexity index is 1050. The van der Waals surface area contributed by atoms with E-state index < -0.39 is 0 Å². The van der Waals surface area contributed by atoms with Crippen LogP contribution in [0.25, 0.3) is 10.9 Å². The molecule has 1 N–H and O–H groups in total. The van der Waals surface area contributed by atoms with Gasteiger partial charge in [0, 0.05) is 34.0 Å². The Morgan fingerprint density at radius 3 is 2.74 bits per heavy atom. The van der Waals surface area contributed by atoms with E-state index in [0.29, 0.717) is 30.7 Å². The highest BCUT2D eigenvalue weighted by atomic mass is 35.5. The minimum Gasteiger partial charge on any atom is -0.494 e. The van der Waals surface area contributed by atoms with Crippen LogP contribution in [0.4, 0.5) is 4.79 Å². The summed E-state index contributed by atoms with van der Waals surface area (Å²) in [5.41, 5.74) is 4.22. The summed E-state index contributed by atoms with van der Waals surface area (Å²) in [7, 11) is 0. The Kier molecular flexibility index (Phi) is 6.93. The molecule has 2 heterocycles. The highest BCUT2D eigenvalue weighted by Gasteiger charge is 2.35. The molecule has 31 heavy (non-hydrogen) atoms. The number of nitrogens with zero attached hydrogens (tertiary/aromatic N) is 1. The van der Waals surface area contributed by atoms with Crippen molar-refractivity contribution in [3.8, 4) is 5.75 Å². The van der Waals surface area contributed by atoms with Crippen molar-refractivity contribution in [3.63, 3.8) is 0 Å². The van der Waals surface area contributed by atoms with Gasteiger partial charge in [-0.3, -0.25) is 4.90 Å². The summed E-state index contributed by atoms with van der Waals surface area (Å²) in [5, 5.41) is 1.81. The monoisotopic (exact) mass is 460 g/mol. The van der Waals surface area contributed by atoms with Crippen molar-refractivity contribution < 1.29 is 14.3 Å². The van der Waals surface area contributed by atoms with E-state index in [1.807, 2.05) is 49.4 Å². The van der Waals surface area contributed by atoms with Crippen LogP contribution in [-0.4, -0.2) is 41.6 Å². The van der Waals surface area contributed by atoms with Crippen molar-refractivity contribution in [2.45, 2.75) is 32.2 Å². The first-order valence-corrected chi connectivity index (χ1v) is 11.6. The van der Waals surface area contributed by atoms with Gasteiger partial charge in [-0.1, -0.05) is 30.7 Å². The van der Waals surface area contributed by atoms with E-state index in [-0.39, 0.29) is 12.1 Å². The number of nitrogens with one attached hydrogen (secondary N) is 1. The number of alkyl halides is 1. The Morgan fingerprint density at radius 1 is 1.19 bits per heavy atom. The van der Waals surface area contributed by atoms with E-state index in [0.717, 1.165) is 47.2 Å². The smallest absolute Gasteiger partial charge is 0.410 e. The van der Waals surface area contributed by atoms with Crippen molar-refractivity contribution >= 4 is 40.2 Å². The minimum atomic E-state index is -0.295. The molecule has 1 aliphatic heterocycles. The molecule has 0 fully saturated rings. The second-order valence-corrected chi connectivity index (χ2v) is 8.44. The molecule has 0 saturated carbocycles. The first-order valence-electron chi connectivity index (χ1n) is 10.6. The van der Waals surface area contributed by atoms with Crippen LogP contribution in [0.1, 0.15) is 42.6 Å². The average Bonchev–Trinajstić information content (AvgIpc) is 3.15. The summed E-state index contributed by atoms with van der Waals surface area (Å²) < 4.78 is 11.2. The van der Waals surface area contributed by atoms with Crippen LogP contribution in [0.3, 0.4) is 0 Å². The van der Waals surface area contributed by atoms with E-state index >= 15 is 0 Å². The summed E-state index contributed by atoms with van der Waals surface area (Å²) in [6.07, 6.45) is 2.03. The molecule has 1 aliphatic rings. The maximum Gasteiger partial charge on any atom is 0.410 e. The van der Waals surface area contributed by atoms with Gasteiger partial charge in [-0.05, 0) is 60.7 Å². The highest BCUT2D eigenvalue weighted by molar-refractivity contribution is 6.31. The largest absolute Gasteiger partial charge is 0.494 e. The summed E-state index contributed by atoms with van der Waals surface area (Å²) in [6, 6.07) is 13.5. The van der Waals surface area contributed by atoms with Crippen LogP contribution in [0.5, 0.6) is 5.75 Å². The molecule has 2 aromatic carbocycles. The van der Waals surface area contributed by atoms with Crippen molar-refractivity contribution in [2.24, 2.45) is 0 Å². The molecule has 1 unspecified atom stereocenters. The van der Waals surface area contributed by atoms with Crippen molar-refractivity contribution in [1.82, 2.24) is 9.88 Å². The van der Waals surface area contributed by atoms with Crippen LogP contribution in [0.2, 0.25) is 5.02 Å². The molecule has 3 aromatic rings. The van der Waals surface area contributed by atoms with Gasteiger partial charge in [0.25, 0.3) is 0 Å². The number of hydrogen-bond acceptors (Lipinski definition) is 3. The number of amides is 1. The number of rotatable bonds is 7. The molecule has 0 spiro atoms. The minimum absolute atomic E-state index is 0.267. The van der Waals surface area contributed by atoms with Gasteiger partial charge in [-0.15, -0.1) is 11.6 Å². The van der Waals surface area contributed by atoms with Crippen LogP contribution in [0, 0.1) is 0 Å². The lowest BCUT2D eigenvalue weighted by molar-refractivity contribution is 0.0889. The average molecular weight is 461 g/mol. The standard InChI is InChI=1S/C24H26Cl2N2O3/c1-2-13-31-24(29)28-12-10-19-20-15-17(26)6-9-21(20)27-22(19)23(28)16-4-7-18(8-5-16)30-14-3-11-25/h4-9,15,23,27H,2-3,10-14H2,1H3. The van der Waals surface area contributed by atoms with Crippen molar-refractivity contribution in [1.29, 1.82) is 0 Å². The van der Waals surface area contributed by atoms with Gasteiger partial charge in [-0.2, -0.15) is 0 Å². The second kappa shape index (κ2) is 9.84. The number of halogens is 2. The Morgan fingerprint density at radius 2 is 2.00 bits per heavy atom. The number of hydrogen-bond donors (Lipinski definition) is 1. The third kappa shape index (κ3) is 4.63. The lowest BCUT2D eigenvalue weighted by Crippen LogP contribution is -2.41. The number of benzene rings is 2. The van der Waals surface area contributed by atoms with Crippen LogP contribution in [0.15, 0.2) is 42.5 Å². The molecule has 0 saturated heterocycles. The zero-order chi connectivity index (χ0) is 21.8. The fraction of sp³-hybridized carbons (Fsp3) is 0.375. The fourth-order valence-corrected chi connectivity index (χ4v) is 4.35. The number of carbonyl (C=O) groups is 1. The zero-order valence-electron chi connectivity index (χ0n) is 17.5. The lowest BCUT2D eigenvalue weighted by Gasteiger charge is -2.35. The Balaban J connectivity index is 1.71. The fourth-order valence-electron chi connectivity index (χ4n) is 4.07. The van der Waals surface area contributed by atoms with Crippen LogP contribution >= 0.6 is 23.2 Å². The maximum absolute atomic E-state index is 12.9. The lowest BCUT2D eigenvalue weighted by atomic mass is 9.92. The van der Waals surface area contributed by atoms with Gasteiger partial charge in [0.2, 0.25) is 0 Å². The Labute approximate surface area is 192 Å². The van der Waals surface area contributed by atoms with Gasteiger partial charge < -0.3 is 14.5 Å². The van der Waals surface area contributed by atoms with E-state index in [2.05, 4.69) is 4.98 Å². The second-order valence-electron chi connectivity index (χ2n) is 7.63. The van der Waals surface area contributed by atoms with Gasteiger partial charge in [0.05, 0.1) is 13.2 Å². The van der Waals surface area contributed by atoms with E-state index in [4.69, 9.17) is 32.7 Å². The SMILES string of the molecule is CCCOC(=O)N1CCc2c([nH]c3ccc(Cl)cc23)C1c1ccc(OCCCCl)cc1. The molecule has 1 aromatic heterocycles. The number of aromatic amines is 1. The quantitative estimate of drug-likeness (QED) is 0.331. The molecule has 0 radical (unpaired) electrons. The van der Waals surface area contributed by atoms with Crippen LogP contribution < -0.4 is 4.74 Å². The number of ether oxygens (including phenoxy) is 2. The summed E-state index contributed by atoms with van der Waals surface area (Å²) >= 11 is 12.0. The number of aromatic nitrogens is 1. The van der Waals surface area contributed by atoms with Gasteiger partial charge in [-0.25, -0.2) is 4.79 Å². The van der Waals surface area contributed by atoms with Gasteiger partial charge in [0.1, 0.15) is 11.8 Å². The first kappa shape index (κ1) is 21.8. The third-order valence-corrected chi connectivity index (χ3v) is 6.00. The first-order chi connectivity index (χ1) is 15.1. The van der Waals surface area contributed by atoms with Gasteiger partial charge >= 0.3 is 6.09 Å². The summed E-state index contributed by atoms with van der Waals surface area (Å²) in [4.78, 5) is 18.2. The predicted molar refractivity (Wildman–Crippen MR) is 124 cm³/mol. The van der Waals surface area contributed by atoms with Gasteiger partial charge in [0.15, 0.2) is 0 Å². The van der Waals surface area contributed by atoms with E-state index in [9.17, 15) is 4.79 Å².